The SMILES string of the molecule is Brc1nc(C2CN3CCCC3CO2)ns1. The molecule has 0 spiro atoms. The van der Waals surface area contributed by atoms with Gasteiger partial charge in [-0.25, -0.2) is 4.98 Å². The Labute approximate surface area is 101 Å². The van der Waals surface area contributed by atoms with Crippen LogP contribution in [0.4, 0.5) is 0 Å². The molecule has 3 heterocycles. The van der Waals surface area contributed by atoms with Crippen LogP contribution in [0, 0.1) is 0 Å². The lowest BCUT2D eigenvalue weighted by molar-refractivity contribution is -0.0536. The molecule has 2 unspecified atom stereocenters. The fourth-order valence-electron chi connectivity index (χ4n) is 2.32. The largest absolute Gasteiger partial charge is 0.367 e. The van der Waals surface area contributed by atoms with Gasteiger partial charge in [0, 0.05) is 12.6 Å². The lowest BCUT2D eigenvalue weighted by Crippen LogP contribution is -2.42. The van der Waals surface area contributed by atoms with E-state index in [0.29, 0.717) is 6.04 Å². The van der Waals surface area contributed by atoms with Gasteiger partial charge in [-0.1, -0.05) is 0 Å². The Morgan fingerprint density at radius 1 is 1.53 bits per heavy atom. The Hall–Kier alpha value is -0.0400. The third kappa shape index (κ3) is 1.95. The predicted octanol–water partition coefficient (Wildman–Crippen LogP) is 1.84. The van der Waals surface area contributed by atoms with Gasteiger partial charge in [-0.2, -0.15) is 4.37 Å². The van der Waals surface area contributed by atoms with E-state index < -0.39 is 0 Å². The number of ether oxygens (including phenoxy) is 1. The van der Waals surface area contributed by atoms with Crippen LogP contribution in [0.15, 0.2) is 3.92 Å². The molecule has 6 heteroatoms. The first-order valence-corrected chi connectivity index (χ1v) is 6.74. The summed E-state index contributed by atoms with van der Waals surface area (Å²) in [6.45, 7) is 2.99. The highest BCUT2D eigenvalue weighted by Crippen LogP contribution is 2.29. The molecule has 2 aliphatic heterocycles. The maximum absolute atomic E-state index is 5.81. The molecule has 0 aliphatic carbocycles. The van der Waals surface area contributed by atoms with Crippen LogP contribution in [-0.4, -0.2) is 40.0 Å². The van der Waals surface area contributed by atoms with Crippen LogP contribution < -0.4 is 0 Å². The molecule has 2 saturated heterocycles. The smallest absolute Gasteiger partial charge is 0.179 e. The van der Waals surface area contributed by atoms with E-state index in [2.05, 4.69) is 30.2 Å². The molecule has 2 atom stereocenters. The Kier molecular flexibility index (Phi) is 2.76. The Morgan fingerprint density at radius 3 is 3.27 bits per heavy atom. The van der Waals surface area contributed by atoms with Gasteiger partial charge in [0.15, 0.2) is 9.74 Å². The van der Waals surface area contributed by atoms with Crippen LogP contribution in [0.3, 0.4) is 0 Å². The van der Waals surface area contributed by atoms with E-state index >= 15 is 0 Å². The van der Waals surface area contributed by atoms with Gasteiger partial charge in [-0.15, -0.1) is 0 Å². The number of aromatic nitrogens is 2. The molecule has 0 radical (unpaired) electrons. The second kappa shape index (κ2) is 4.08. The number of halogens is 1. The van der Waals surface area contributed by atoms with E-state index in [1.165, 1.54) is 30.9 Å². The summed E-state index contributed by atoms with van der Waals surface area (Å²) in [5.41, 5.74) is 0. The molecule has 0 aromatic carbocycles. The van der Waals surface area contributed by atoms with Gasteiger partial charge in [0.1, 0.15) is 6.10 Å². The molecule has 0 bridgehead atoms. The summed E-state index contributed by atoms with van der Waals surface area (Å²) in [7, 11) is 0. The minimum absolute atomic E-state index is 0.0712. The van der Waals surface area contributed by atoms with Crippen molar-refractivity contribution in [3.63, 3.8) is 0 Å². The quantitative estimate of drug-likeness (QED) is 0.791. The molecule has 1 aromatic rings. The standard InChI is InChI=1S/C9H12BrN3OS/c10-9-11-8(12-15-9)7-4-13-3-1-2-6(13)5-14-7/h6-7H,1-5H2. The zero-order chi connectivity index (χ0) is 10.3. The van der Waals surface area contributed by atoms with Crippen LogP contribution >= 0.6 is 27.5 Å². The molecule has 0 N–H and O–H groups in total. The minimum atomic E-state index is 0.0712. The molecule has 3 rings (SSSR count). The zero-order valence-corrected chi connectivity index (χ0v) is 10.6. The molecule has 2 aliphatic rings. The summed E-state index contributed by atoms with van der Waals surface area (Å²) in [4.78, 5) is 6.82. The average molecular weight is 290 g/mol. The van der Waals surface area contributed by atoms with Gasteiger partial charge in [0.05, 0.1) is 6.61 Å². The topological polar surface area (TPSA) is 38.2 Å². The number of rotatable bonds is 1. The molecule has 1 aromatic heterocycles. The summed E-state index contributed by atoms with van der Waals surface area (Å²) in [6.07, 6.45) is 2.65. The van der Waals surface area contributed by atoms with Gasteiger partial charge >= 0.3 is 0 Å². The van der Waals surface area contributed by atoms with Gasteiger partial charge in [-0.05, 0) is 46.8 Å². The van der Waals surface area contributed by atoms with Crippen molar-refractivity contribution in [2.75, 3.05) is 19.7 Å². The number of hydrogen-bond acceptors (Lipinski definition) is 5. The monoisotopic (exact) mass is 289 g/mol. The normalized spacial score (nSPS) is 31.8. The van der Waals surface area contributed by atoms with Crippen molar-refractivity contribution < 1.29 is 4.74 Å². The third-order valence-electron chi connectivity index (χ3n) is 3.09. The highest BCUT2D eigenvalue weighted by atomic mass is 79.9. The average Bonchev–Trinajstić information content (AvgIpc) is 2.84. The summed E-state index contributed by atoms with van der Waals surface area (Å²) >= 11 is 4.71. The van der Waals surface area contributed by atoms with Crippen molar-refractivity contribution in [3.05, 3.63) is 9.74 Å². The van der Waals surface area contributed by atoms with Gasteiger partial charge < -0.3 is 4.74 Å². The van der Waals surface area contributed by atoms with Crippen LogP contribution in [-0.2, 0) is 4.74 Å². The van der Waals surface area contributed by atoms with E-state index in [1.54, 1.807) is 0 Å². The zero-order valence-electron chi connectivity index (χ0n) is 8.23. The highest BCUT2D eigenvalue weighted by Gasteiger charge is 2.34. The van der Waals surface area contributed by atoms with Crippen LogP contribution in [0.2, 0.25) is 0 Å². The van der Waals surface area contributed by atoms with E-state index in [9.17, 15) is 0 Å². The number of hydrogen-bond donors (Lipinski definition) is 0. The maximum atomic E-state index is 5.81. The molecular formula is C9H12BrN3OS. The lowest BCUT2D eigenvalue weighted by Gasteiger charge is -2.33. The molecule has 0 amide bonds. The lowest BCUT2D eigenvalue weighted by atomic mass is 10.2. The van der Waals surface area contributed by atoms with E-state index in [4.69, 9.17) is 4.74 Å². The summed E-state index contributed by atoms with van der Waals surface area (Å²) in [5, 5.41) is 0. The van der Waals surface area contributed by atoms with Crippen molar-refractivity contribution in [2.45, 2.75) is 25.0 Å². The maximum Gasteiger partial charge on any atom is 0.179 e. The Morgan fingerprint density at radius 2 is 2.47 bits per heavy atom. The van der Waals surface area contributed by atoms with Crippen LogP contribution in [0.25, 0.3) is 0 Å². The second-order valence-corrected chi connectivity index (χ2v) is 6.05. The van der Waals surface area contributed by atoms with Gasteiger partial charge in [0.25, 0.3) is 0 Å². The third-order valence-corrected chi connectivity index (χ3v) is 4.23. The molecule has 2 fully saturated rings. The van der Waals surface area contributed by atoms with Crippen molar-refractivity contribution in [1.82, 2.24) is 14.3 Å². The van der Waals surface area contributed by atoms with E-state index in [1.807, 2.05) is 0 Å². The Balaban J connectivity index is 1.73. The first kappa shape index (κ1) is 10.1. The van der Waals surface area contributed by atoms with Crippen molar-refractivity contribution in [2.24, 2.45) is 0 Å². The molecule has 82 valence electrons. The fraction of sp³-hybridized carbons (Fsp3) is 0.778. The Bertz CT molecular complexity index is 359. The number of nitrogens with zero attached hydrogens (tertiary/aromatic N) is 3. The molecule has 4 nitrogen and oxygen atoms in total. The summed E-state index contributed by atoms with van der Waals surface area (Å²) in [6, 6.07) is 0.642. The first-order valence-electron chi connectivity index (χ1n) is 5.17. The highest BCUT2D eigenvalue weighted by molar-refractivity contribution is 9.11. The van der Waals surface area contributed by atoms with Gasteiger partial charge in [-0.3, -0.25) is 4.90 Å². The molecule has 0 saturated carbocycles. The second-order valence-electron chi connectivity index (χ2n) is 4.02. The van der Waals surface area contributed by atoms with Crippen LogP contribution in [0.5, 0.6) is 0 Å². The fourth-order valence-corrected chi connectivity index (χ4v) is 3.18. The van der Waals surface area contributed by atoms with Gasteiger partial charge in [0.2, 0.25) is 0 Å². The van der Waals surface area contributed by atoms with Crippen molar-refractivity contribution in [3.8, 4) is 0 Å². The summed E-state index contributed by atoms with van der Waals surface area (Å²) < 4.78 is 10.9. The van der Waals surface area contributed by atoms with E-state index in [-0.39, 0.29) is 6.10 Å². The first-order chi connectivity index (χ1) is 7.33. The molecule has 15 heavy (non-hydrogen) atoms. The van der Waals surface area contributed by atoms with Crippen molar-refractivity contribution in [1.29, 1.82) is 0 Å². The van der Waals surface area contributed by atoms with E-state index in [0.717, 1.165) is 22.9 Å². The molecular weight excluding hydrogens is 278 g/mol. The predicted molar refractivity (Wildman–Crippen MR) is 60.9 cm³/mol. The number of fused-ring (bicyclic) bond motifs is 1. The van der Waals surface area contributed by atoms with Crippen LogP contribution in [0.1, 0.15) is 24.8 Å². The minimum Gasteiger partial charge on any atom is -0.367 e. The summed E-state index contributed by atoms with van der Waals surface area (Å²) in [5.74, 6) is 0.831. The van der Waals surface area contributed by atoms with Crippen molar-refractivity contribution >= 4 is 27.5 Å². The number of morpholine rings is 1.